The van der Waals surface area contributed by atoms with Crippen molar-refractivity contribution in [3.05, 3.63) is 38.8 Å². The molecular formula is C14H14Cl2N2O3S. The summed E-state index contributed by atoms with van der Waals surface area (Å²) in [5.41, 5.74) is 1.02. The molecule has 2 rings (SSSR count). The van der Waals surface area contributed by atoms with E-state index in [1.165, 1.54) is 0 Å². The molecule has 8 heteroatoms. The molecule has 0 saturated carbocycles. The Labute approximate surface area is 142 Å². The van der Waals surface area contributed by atoms with E-state index >= 15 is 0 Å². The summed E-state index contributed by atoms with van der Waals surface area (Å²) in [6, 6.07) is 5.63. The number of benzene rings is 1. The lowest BCUT2D eigenvalue weighted by molar-refractivity contribution is 0.0958. The van der Waals surface area contributed by atoms with E-state index in [1.807, 2.05) is 18.2 Å². The smallest absolute Gasteiger partial charge is 0.264 e. The average Bonchev–Trinajstić information content (AvgIpc) is 2.86. The molecule has 0 unspecified atom stereocenters. The van der Waals surface area contributed by atoms with Crippen molar-refractivity contribution in [2.75, 3.05) is 20.8 Å². The molecule has 118 valence electrons. The Morgan fingerprint density at radius 1 is 1.27 bits per heavy atom. The minimum atomic E-state index is -0.283. The van der Waals surface area contributed by atoms with Crippen LogP contribution in [0, 0.1) is 0 Å². The van der Waals surface area contributed by atoms with Gasteiger partial charge in [-0.05, 0) is 35.6 Å². The minimum Gasteiger partial charge on any atom is -0.493 e. The number of carbonyl (C=O) groups excluding carboxylic acids is 1. The Morgan fingerprint density at radius 3 is 2.59 bits per heavy atom. The van der Waals surface area contributed by atoms with Gasteiger partial charge in [0.15, 0.2) is 16.7 Å². The molecule has 0 aliphatic carbocycles. The van der Waals surface area contributed by atoms with Gasteiger partial charge in [0.05, 0.1) is 14.2 Å². The van der Waals surface area contributed by atoms with Crippen molar-refractivity contribution in [3.8, 4) is 11.5 Å². The van der Waals surface area contributed by atoms with Crippen LogP contribution < -0.4 is 14.8 Å². The van der Waals surface area contributed by atoms with E-state index in [2.05, 4.69) is 9.69 Å². The molecule has 1 N–H and O–H groups in total. The number of halogens is 2. The van der Waals surface area contributed by atoms with Gasteiger partial charge in [0.25, 0.3) is 5.91 Å². The molecular weight excluding hydrogens is 347 g/mol. The number of ether oxygens (including phenoxy) is 2. The molecule has 2 aromatic rings. The van der Waals surface area contributed by atoms with Crippen LogP contribution in [-0.4, -0.2) is 31.0 Å². The fourth-order valence-electron chi connectivity index (χ4n) is 1.84. The maximum Gasteiger partial charge on any atom is 0.264 e. The Balaban J connectivity index is 1.94. The maximum absolute atomic E-state index is 12.0. The lowest BCUT2D eigenvalue weighted by Gasteiger charge is -2.10. The van der Waals surface area contributed by atoms with Crippen LogP contribution in [0.15, 0.2) is 18.2 Å². The van der Waals surface area contributed by atoms with Gasteiger partial charge in [-0.2, -0.15) is 4.37 Å². The molecule has 0 fully saturated rings. The zero-order valence-corrected chi connectivity index (χ0v) is 14.3. The molecule has 1 heterocycles. The van der Waals surface area contributed by atoms with Gasteiger partial charge in [0, 0.05) is 6.54 Å². The van der Waals surface area contributed by atoms with E-state index in [0.717, 1.165) is 17.1 Å². The number of methoxy groups -OCH3 is 2. The topological polar surface area (TPSA) is 60.5 Å². The summed E-state index contributed by atoms with van der Waals surface area (Å²) in [6.45, 7) is 0.458. The van der Waals surface area contributed by atoms with Crippen molar-refractivity contribution >= 4 is 40.6 Å². The van der Waals surface area contributed by atoms with Gasteiger partial charge in [-0.1, -0.05) is 29.3 Å². The number of amides is 1. The highest BCUT2D eigenvalue weighted by Crippen LogP contribution is 2.29. The van der Waals surface area contributed by atoms with E-state index < -0.39 is 0 Å². The molecule has 0 aliphatic heterocycles. The average molecular weight is 361 g/mol. The maximum atomic E-state index is 12.0. The van der Waals surface area contributed by atoms with Crippen molar-refractivity contribution in [1.82, 2.24) is 9.69 Å². The quantitative estimate of drug-likeness (QED) is 0.856. The van der Waals surface area contributed by atoms with Crippen LogP contribution in [0.25, 0.3) is 0 Å². The van der Waals surface area contributed by atoms with Crippen molar-refractivity contribution in [1.29, 1.82) is 0 Å². The van der Waals surface area contributed by atoms with E-state index in [0.29, 0.717) is 29.3 Å². The van der Waals surface area contributed by atoms with E-state index in [4.69, 9.17) is 32.7 Å². The summed E-state index contributed by atoms with van der Waals surface area (Å²) in [4.78, 5) is 12.3. The fourth-order valence-corrected chi connectivity index (χ4v) is 2.97. The van der Waals surface area contributed by atoms with Crippen molar-refractivity contribution in [2.45, 2.75) is 6.42 Å². The van der Waals surface area contributed by atoms with Gasteiger partial charge in [0.1, 0.15) is 9.90 Å². The first kappa shape index (κ1) is 16.9. The van der Waals surface area contributed by atoms with E-state index in [1.54, 1.807) is 14.2 Å². The van der Waals surface area contributed by atoms with Crippen LogP contribution in [0.4, 0.5) is 0 Å². The van der Waals surface area contributed by atoms with Gasteiger partial charge in [-0.15, -0.1) is 0 Å². The molecule has 22 heavy (non-hydrogen) atoms. The lowest BCUT2D eigenvalue weighted by atomic mass is 10.1. The molecule has 0 saturated heterocycles. The van der Waals surface area contributed by atoms with Gasteiger partial charge in [-0.3, -0.25) is 4.79 Å². The molecule has 0 spiro atoms. The van der Waals surface area contributed by atoms with Gasteiger partial charge >= 0.3 is 0 Å². The predicted octanol–water partition coefficient (Wildman–Crippen LogP) is 3.44. The first-order chi connectivity index (χ1) is 10.6. The Kier molecular flexibility index (Phi) is 5.88. The third-order valence-corrected chi connectivity index (χ3v) is 4.75. The Hall–Kier alpha value is -1.50. The van der Waals surface area contributed by atoms with Crippen LogP contribution in [0.3, 0.4) is 0 Å². The third-order valence-electron chi connectivity index (χ3n) is 2.95. The van der Waals surface area contributed by atoms with Gasteiger partial charge in [0.2, 0.25) is 0 Å². The molecule has 1 amide bonds. The second-order valence-electron chi connectivity index (χ2n) is 4.31. The first-order valence-corrected chi connectivity index (χ1v) is 7.89. The Bertz CT molecular complexity index is 676. The molecule has 0 radical (unpaired) electrons. The van der Waals surface area contributed by atoms with Crippen LogP contribution in [0.2, 0.25) is 10.2 Å². The second-order valence-corrected chi connectivity index (χ2v) is 5.82. The van der Waals surface area contributed by atoms with Crippen LogP contribution in [-0.2, 0) is 6.42 Å². The number of nitrogens with zero attached hydrogens (tertiary/aromatic N) is 1. The highest BCUT2D eigenvalue weighted by atomic mass is 35.5. The summed E-state index contributed by atoms with van der Waals surface area (Å²) in [7, 11) is 3.17. The standard InChI is InChI=1S/C14H14Cl2N2O3S/c1-20-9-4-3-8(7-10(9)21-2)5-6-17-14(19)12-11(15)13(16)18-22-12/h3-4,7H,5-6H2,1-2H3,(H,17,19). The zero-order chi connectivity index (χ0) is 16.1. The van der Waals surface area contributed by atoms with Crippen molar-refractivity contribution in [3.63, 3.8) is 0 Å². The SMILES string of the molecule is COc1ccc(CCNC(=O)c2snc(Cl)c2Cl)cc1OC. The molecule has 1 aromatic heterocycles. The third kappa shape index (κ3) is 3.82. The van der Waals surface area contributed by atoms with Crippen molar-refractivity contribution < 1.29 is 14.3 Å². The first-order valence-electron chi connectivity index (χ1n) is 6.36. The monoisotopic (exact) mass is 360 g/mol. The van der Waals surface area contributed by atoms with Gasteiger partial charge in [-0.25, -0.2) is 0 Å². The number of hydrogen-bond donors (Lipinski definition) is 1. The largest absolute Gasteiger partial charge is 0.493 e. The number of carbonyl (C=O) groups is 1. The number of nitrogens with one attached hydrogen (secondary N) is 1. The van der Waals surface area contributed by atoms with Crippen LogP contribution >= 0.6 is 34.7 Å². The van der Waals surface area contributed by atoms with E-state index in [-0.39, 0.29) is 16.1 Å². The predicted molar refractivity (Wildman–Crippen MR) is 87.7 cm³/mol. The molecule has 5 nitrogen and oxygen atoms in total. The summed E-state index contributed by atoms with van der Waals surface area (Å²) in [5, 5.41) is 3.12. The number of rotatable bonds is 6. The Morgan fingerprint density at radius 2 is 2.00 bits per heavy atom. The number of hydrogen-bond acceptors (Lipinski definition) is 5. The summed E-state index contributed by atoms with van der Waals surface area (Å²) >= 11 is 12.6. The summed E-state index contributed by atoms with van der Waals surface area (Å²) in [5.74, 6) is 1.04. The molecule has 0 atom stereocenters. The second kappa shape index (κ2) is 7.67. The molecule has 0 bridgehead atoms. The highest BCUT2D eigenvalue weighted by Gasteiger charge is 2.16. The summed E-state index contributed by atoms with van der Waals surface area (Å²) < 4.78 is 14.2. The number of aromatic nitrogens is 1. The van der Waals surface area contributed by atoms with E-state index in [9.17, 15) is 4.79 Å². The minimum absolute atomic E-state index is 0.150. The van der Waals surface area contributed by atoms with Crippen LogP contribution in [0.5, 0.6) is 11.5 Å². The van der Waals surface area contributed by atoms with Gasteiger partial charge < -0.3 is 14.8 Å². The normalized spacial score (nSPS) is 10.4. The lowest BCUT2D eigenvalue weighted by Crippen LogP contribution is -2.25. The molecule has 1 aromatic carbocycles. The zero-order valence-electron chi connectivity index (χ0n) is 12.0. The van der Waals surface area contributed by atoms with Crippen molar-refractivity contribution in [2.24, 2.45) is 0 Å². The fraction of sp³-hybridized carbons (Fsp3) is 0.286. The molecule has 0 aliphatic rings. The summed E-state index contributed by atoms with van der Waals surface area (Å²) in [6.07, 6.45) is 0.649. The van der Waals surface area contributed by atoms with Crippen LogP contribution in [0.1, 0.15) is 15.2 Å². The highest BCUT2D eigenvalue weighted by molar-refractivity contribution is 7.09.